The van der Waals surface area contributed by atoms with Crippen LogP contribution in [0.2, 0.25) is 0 Å². The van der Waals surface area contributed by atoms with Crippen LogP contribution in [0.25, 0.3) is 0 Å². The van der Waals surface area contributed by atoms with Gasteiger partial charge in [0, 0.05) is 18.5 Å². The fraction of sp³-hybridized carbons (Fsp3) is 0.961. The van der Waals surface area contributed by atoms with E-state index >= 15 is 0 Å². The molecule has 2 fully saturated rings. The van der Waals surface area contributed by atoms with Crippen LogP contribution in [0.1, 0.15) is 271 Å². The van der Waals surface area contributed by atoms with Crippen molar-refractivity contribution in [1.82, 2.24) is 15.1 Å². The summed E-state index contributed by atoms with van der Waals surface area (Å²) < 4.78 is 0. The van der Waals surface area contributed by atoms with Gasteiger partial charge in [-0.25, -0.2) is 0 Å². The number of carbonyl (C=O) groups is 2. The number of carbonyl (C=O) groups excluding carboxylic acids is 2. The highest BCUT2D eigenvalue weighted by atomic mass is 16.2. The standard InChI is InChI=1S/C51H99N3O2/c1-5-8-11-14-17-20-23-26-33-40-48(41-34-27-24-21-18-15-12-9-6-2)54(49(55)42-35-28-25-22-19-16-13-10-7-3)50(46-37-36-44-53(4)45-43-46)51(56)52-47-38-31-29-30-32-39-47/h46-48,50H,5-45H2,1-4H3,(H,52,56). The van der Waals surface area contributed by atoms with Crippen LogP contribution >= 0.6 is 0 Å². The Kier molecular flexibility index (Phi) is 32.6. The minimum Gasteiger partial charge on any atom is -0.352 e. The molecule has 2 rings (SSSR count). The van der Waals surface area contributed by atoms with Crippen molar-refractivity contribution in [3.63, 3.8) is 0 Å². The van der Waals surface area contributed by atoms with Gasteiger partial charge in [0.25, 0.3) is 0 Å². The summed E-state index contributed by atoms with van der Waals surface area (Å²) in [7, 11) is 2.24. The van der Waals surface area contributed by atoms with Crippen molar-refractivity contribution in [3.05, 3.63) is 0 Å². The Labute approximate surface area is 350 Å². The largest absolute Gasteiger partial charge is 0.352 e. The molecule has 56 heavy (non-hydrogen) atoms. The van der Waals surface area contributed by atoms with Crippen molar-refractivity contribution in [3.8, 4) is 0 Å². The van der Waals surface area contributed by atoms with E-state index in [1.54, 1.807) is 0 Å². The van der Waals surface area contributed by atoms with Crippen molar-refractivity contribution in [2.45, 2.75) is 289 Å². The molecule has 2 atom stereocenters. The lowest BCUT2D eigenvalue weighted by atomic mass is 9.86. The predicted octanol–water partition coefficient (Wildman–Crippen LogP) is 14.9. The minimum absolute atomic E-state index is 0.182. The molecule has 0 spiro atoms. The van der Waals surface area contributed by atoms with Crippen LogP contribution in [0.15, 0.2) is 0 Å². The molecule has 5 nitrogen and oxygen atoms in total. The van der Waals surface area contributed by atoms with E-state index in [4.69, 9.17) is 0 Å². The molecule has 0 aromatic heterocycles. The van der Waals surface area contributed by atoms with Crippen LogP contribution in [0.3, 0.4) is 0 Å². The molecule has 0 radical (unpaired) electrons. The molecule has 1 N–H and O–H groups in total. The number of nitrogens with zero attached hydrogens (tertiary/aromatic N) is 2. The van der Waals surface area contributed by atoms with Gasteiger partial charge in [-0.05, 0) is 77.4 Å². The van der Waals surface area contributed by atoms with Crippen molar-refractivity contribution in [2.24, 2.45) is 5.92 Å². The zero-order chi connectivity index (χ0) is 40.3. The average Bonchev–Trinajstić information content (AvgIpc) is 3.59. The molecule has 0 aromatic carbocycles. The van der Waals surface area contributed by atoms with Gasteiger partial charge in [-0.15, -0.1) is 0 Å². The third-order valence-electron chi connectivity index (χ3n) is 13.7. The lowest BCUT2D eigenvalue weighted by Crippen LogP contribution is -2.58. The summed E-state index contributed by atoms with van der Waals surface area (Å²) in [5.41, 5.74) is 0. The van der Waals surface area contributed by atoms with Gasteiger partial charge < -0.3 is 15.1 Å². The summed E-state index contributed by atoms with van der Waals surface area (Å²) in [6, 6.07) is 0.127. The Morgan fingerprint density at radius 3 is 1.41 bits per heavy atom. The quantitative estimate of drug-likeness (QED) is 0.0514. The Morgan fingerprint density at radius 2 is 0.946 bits per heavy atom. The second-order valence-corrected chi connectivity index (χ2v) is 18.9. The van der Waals surface area contributed by atoms with E-state index < -0.39 is 0 Å². The SMILES string of the molecule is CCCCCCCCCCCC(=O)N(C(CCCCCCCCCCC)CCCCCCCCCCC)C(C(=O)NC1CCCCCC1)C1CCCN(C)CC1. The van der Waals surface area contributed by atoms with Gasteiger partial charge in [-0.1, -0.05) is 213 Å². The van der Waals surface area contributed by atoms with Gasteiger partial charge in [-0.3, -0.25) is 9.59 Å². The van der Waals surface area contributed by atoms with Gasteiger partial charge >= 0.3 is 0 Å². The Hall–Kier alpha value is -1.10. The third-order valence-corrected chi connectivity index (χ3v) is 13.7. The summed E-state index contributed by atoms with van der Waals surface area (Å²) in [6.07, 6.45) is 48.3. The maximum Gasteiger partial charge on any atom is 0.243 e. The number of amides is 2. The second kappa shape index (κ2) is 35.8. The topological polar surface area (TPSA) is 52.7 Å². The molecule has 2 amide bonds. The van der Waals surface area contributed by atoms with Crippen LogP contribution in [-0.4, -0.2) is 59.9 Å². The molecule has 5 heteroatoms. The van der Waals surface area contributed by atoms with Gasteiger partial charge in [0.15, 0.2) is 0 Å². The zero-order valence-corrected chi connectivity index (χ0v) is 38.5. The van der Waals surface area contributed by atoms with Crippen molar-refractivity contribution in [1.29, 1.82) is 0 Å². The Morgan fingerprint density at radius 1 is 0.518 bits per heavy atom. The lowest BCUT2D eigenvalue weighted by molar-refractivity contribution is -0.147. The first-order chi connectivity index (χ1) is 27.5. The molecule has 1 aliphatic carbocycles. The number of hydrogen-bond donors (Lipinski definition) is 1. The molecule has 2 aliphatic rings. The van der Waals surface area contributed by atoms with Gasteiger partial charge in [0.05, 0.1) is 0 Å². The van der Waals surface area contributed by atoms with Gasteiger partial charge in [-0.2, -0.15) is 0 Å². The summed E-state index contributed by atoms with van der Waals surface area (Å²) in [5, 5.41) is 3.65. The van der Waals surface area contributed by atoms with Crippen molar-refractivity contribution in [2.75, 3.05) is 20.1 Å². The van der Waals surface area contributed by atoms with E-state index in [9.17, 15) is 9.59 Å². The number of nitrogens with one attached hydrogen (secondary N) is 1. The van der Waals surface area contributed by atoms with Crippen molar-refractivity contribution < 1.29 is 9.59 Å². The summed E-state index contributed by atoms with van der Waals surface area (Å²) in [5.74, 6) is 0.728. The summed E-state index contributed by atoms with van der Waals surface area (Å²) >= 11 is 0. The number of unbranched alkanes of at least 4 members (excludes halogenated alkanes) is 24. The molecule has 1 saturated heterocycles. The maximum atomic E-state index is 14.9. The van der Waals surface area contributed by atoms with E-state index in [1.807, 2.05) is 0 Å². The lowest BCUT2D eigenvalue weighted by Gasteiger charge is -2.42. The summed E-state index contributed by atoms with van der Waals surface area (Å²) in [6.45, 7) is 9.02. The Bertz CT molecular complexity index is 880. The molecule has 330 valence electrons. The minimum atomic E-state index is -0.321. The molecule has 0 bridgehead atoms. The third kappa shape index (κ3) is 24.7. The molecule has 1 heterocycles. The number of hydrogen-bond acceptors (Lipinski definition) is 3. The first kappa shape index (κ1) is 51.0. The van der Waals surface area contributed by atoms with Crippen LogP contribution in [0.4, 0.5) is 0 Å². The number of rotatable bonds is 35. The highest BCUT2D eigenvalue weighted by Crippen LogP contribution is 2.31. The van der Waals surface area contributed by atoms with Crippen LogP contribution in [-0.2, 0) is 9.59 Å². The van der Waals surface area contributed by atoms with Crippen LogP contribution < -0.4 is 5.32 Å². The Balaban J connectivity index is 2.27. The normalized spacial score (nSPS) is 17.8. The first-order valence-electron chi connectivity index (χ1n) is 25.8. The highest BCUT2D eigenvalue weighted by molar-refractivity contribution is 5.88. The molecule has 0 aromatic rings. The predicted molar refractivity (Wildman–Crippen MR) is 244 cm³/mol. The van der Waals surface area contributed by atoms with Crippen LogP contribution in [0.5, 0.6) is 0 Å². The van der Waals surface area contributed by atoms with Crippen molar-refractivity contribution >= 4 is 11.8 Å². The second-order valence-electron chi connectivity index (χ2n) is 18.9. The van der Waals surface area contributed by atoms with E-state index in [0.29, 0.717) is 12.3 Å². The molecular weight excluding hydrogens is 687 g/mol. The summed E-state index contributed by atoms with van der Waals surface area (Å²) in [4.78, 5) is 34.6. The smallest absolute Gasteiger partial charge is 0.243 e. The molecular formula is C51H99N3O2. The van der Waals surface area contributed by atoms with Crippen LogP contribution in [0, 0.1) is 5.92 Å². The van der Waals surface area contributed by atoms with Gasteiger partial charge in [0.1, 0.15) is 6.04 Å². The fourth-order valence-corrected chi connectivity index (χ4v) is 9.96. The van der Waals surface area contributed by atoms with E-state index in [0.717, 1.165) is 70.9 Å². The van der Waals surface area contributed by atoms with E-state index in [-0.39, 0.29) is 30.0 Å². The molecule has 1 saturated carbocycles. The van der Waals surface area contributed by atoms with E-state index in [2.05, 4.69) is 42.9 Å². The monoisotopic (exact) mass is 786 g/mol. The maximum absolute atomic E-state index is 14.9. The zero-order valence-electron chi connectivity index (χ0n) is 38.5. The van der Waals surface area contributed by atoms with E-state index in [1.165, 1.54) is 186 Å². The number of likely N-dealkylation sites (tertiary alicyclic amines) is 1. The molecule has 1 aliphatic heterocycles. The highest BCUT2D eigenvalue weighted by Gasteiger charge is 2.40. The van der Waals surface area contributed by atoms with Gasteiger partial charge in [0.2, 0.25) is 11.8 Å². The molecule has 2 unspecified atom stereocenters. The first-order valence-corrected chi connectivity index (χ1v) is 25.8. The fourth-order valence-electron chi connectivity index (χ4n) is 9.96. The average molecular weight is 786 g/mol.